The molecule has 1 saturated heterocycles. The molecule has 0 radical (unpaired) electrons. The van der Waals surface area contributed by atoms with E-state index < -0.39 is 17.8 Å². The lowest BCUT2D eigenvalue weighted by Gasteiger charge is -2.33. The summed E-state index contributed by atoms with van der Waals surface area (Å²) in [7, 11) is 0. The Balaban J connectivity index is 2.07. The third kappa shape index (κ3) is 3.36. The molecule has 0 aliphatic carbocycles. The van der Waals surface area contributed by atoms with E-state index in [9.17, 15) is 14.4 Å². The van der Waals surface area contributed by atoms with E-state index in [2.05, 4.69) is 4.98 Å². The van der Waals surface area contributed by atoms with E-state index in [1.165, 1.54) is 11.0 Å². The quantitative estimate of drug-likeness (QED) is 0.791. The minimum absolute atomic E-state index is 0.0732. The molecule has 2 rings (SSSR count). The molecule has 2 amide bonds. The third-order valence-corrected chi connectivity index (χ3v) is 3.27. The molecule has 0 unspecified atom stereocenters. The molecule has 1 aromatic rings. The number of aromatic carboxylic acids is 1. The van der Waals surface area contributed by atoms with E-state index in [-0.39, 0.29) is 12.2 Å². The molecule has 7 heteroatoms. The van der Waals surface area contributed by atoms with Crippen molar-refractivity contribution in [2.45, 2.75) is 19.9 Å². The van der Waals surface area contributed by atoms with Crippen LogP contribution in [-0.4, -0.2) is 57.3 Å². The van der Waals surface area contributed by atoms with Crippen molar-refractivity contribution in [2.75, 3.05) is 19.6 Å². The summed E-state index contributed by atoms with van der Waals surface area (Å²) >= 11 is 0. The van der Waals surface area contributed by atoms with Gasteiger partial charge in [-0.05, 0) is 18.6 Å². The summed E-state index contributed by atoms with van der Waals surface area (Å²) in [5, 5.41) is 8.90. The fraction of sp³-hybridized carbons (Fsp3) is 0.429. The predicted octanol–water partition coefficient (Wildman–Crippen LogP) is 0.361. The van der Waals surface area contributed by atoms with Crippen LogP contribution in [0.15, 0.2) is 18.2 Å². The van der Waals surface area contributed by atoms with E-state index in [0.29, 0.717) is 25.3 Å². The van der Waals surface area contributed by atoms with Gasteiger partial charge in [0.1, 0.15) is 5.69 Å². The molecule has 1 fully saturated rings. The molecule has 1 N–H and O–H groups in total. The molecule has 1 aliphatic heterocycles. The second-order valence-corrected chi connectivity index (χ2v) is 4.84. The number of hydrogen-bond acceptors (Lipinski definition) is 4. The first-order chi connectivity index (χ1) is 10.0. The number of amides is 2. The molecule has 0 bridgehead atoms. The van der Waals surface area contributed by atoms with Crippen molar-refractivity contribution in [1.29, 1.82) is 0 Å². The van der Waals surface area contributed by atoms with E-state index >= 15 is 0 Å². The molecule has 2 heterocycles. The summed E-state index contributed by atoms with van der Waals surface area (Å²) in [6.45, 7) is 3.60. The van der Waals surface area contributed by atoms with Crippen LogP contribution < -0.4 is 0 Å². The Labute approximate surface area is 122 Å². The Morgan fingerprint density at radius 2 is 1.90 bits per heavy atom. The summed E-state index contributed by atoms with van der Waals surface area (Å²) in [6, 6.07) is 4.60. The van der Waals surface area contributed by atoms with Crippen LogP contribution in [0.3, 0.4) is 0 Å². The summed E-state index contributed by atoms with van der Waals surface area (Å²) in [5.41, 5.74) is 0.385. The van der Waals surface area contributed by atoms with E-state index in [1.807, 2.05) is 6.92 Å². The highest BCUT2D eigenvalue weighted by Gasteiger charge is 2.32. The summed E-state index contributed by atoms with van der Waals surface area (Å²) < 4.78 is 0. The van der Waals surface area contributed by atoms with Gasteiger partial charge in [-0.2, -0.15) is 0 Å². The van der Waals surface area contributed by atoms with E-state index in [1.54, 1.807) is 17.0 Å². The number of carboxylic acids is 1. The molecular weight excluding hydrogens is 274 g/mol. The number of pyridine rings is 1. The number of carbonyl (C=O) groups excluding carboxylic acids is 2. The Morgan fingerprint density at radius 1 is 1.24 bits per heavy atom. The Kier molecular flexibility index (Phi) is 4.52. The van der Waals surface area contributed by atoms with Crippen LogP contribution in [0.4, 0.5) is 0 Å². The lowest BCUT2D eigenvalue weighted by Crippen LogP contribution is -2.54. The highest BCUT2D eigenvalue weighted by atomic mass is 16.4. The Morgan fingerprint density at radius 3 is 2.57 bits per heavy atom. The Hall–Kier alpha value is -2.44. The van der Waals surface area contributed by atoms with Gasteiger partial charge in [-0.25, -0.2) is 9.78 Å². The maximum atomic E-state index is 12.0. The van der Waals surface area contributed by atoms with Crippen molar-refractivity contribution in [2.24, 2.45) is 0 Å². The summed E-state index contributed by atoms with van der Waals surface area (Å²) in [4.78, 5) is 41.7. The fourth-order valence-corrected chi connectivity index (χ4v) is 2.23. The van der Waals surface area contributed by atoms with Gasteiger partial charge in [-0.15, -0.1) is 0 Å². The average molecular weight is 291 g/mol. The van der Waals surface area contributed by atoms with Gasteiger partial charge in [0, 0.05) is 19.6 Å². The monoisotopic (exact) mass is 291 g/mol. The van der Waals surface area contributed by atoms with Gasteiger partial charge < -0.3 is 14.9 Å². The number of aromatic nitrogens is 1. The zero-order chi connectivity index (χ0) is 15.4. The maximum absolute atomic E-state index is 12.0. The van der Waals surface area contributed by atoms with Crippen molar-refractivity contribution < 1.29 is 19.5 Å². The van der Waals surface area contributed by atoms with Gasteiger partial charge in [-0.1, -0.05) is 13.0 Å². The summed E-state index contributed by atoms with van der Waals surface area (Å²) in [5.74, 6) is -2.18. The molecule has 1 aliphatic rings. The van der Waals surface area contributed by atoms with Crippen LogP contribution in [0, 0.1) is 0 Å². The second-order valence-electron chi connectivity index (χ2n) is 4.84. The first-order valence-corrected chi connectivity index (χ1v) is 6.80. The highest BCUT2D eigenvalue weighted by molar-refractivity contribution is 6.35. The second kappa shape index (κ2) is 6.34. The standard InChI is InChI=1S/C14H17N3O4/c1-2-6-16-7-8-17(13(19)12(16)18)9-10-4-3-5-11(15-10)14(20)21/h3-5H,2,6-9H2,1H3,(H,20,21). The van der Waals surface area contributed by atoms with Crippen LogP contribution in [0.1, 0.15) is 29.5 Å². The lowest BCUT2D eigenvalue weighted by atomic mass is 10.2. The predicted molar refractivity (Wildman–Crippen MR) is 73.5 cm³/mol. The van der Waals surface area contributed by atoms with Crippen LogP contribution in [0.25, 0.3) is 0 Å². The zero-order valence-electron chi connectivity index (χ0n) is 11.8. The number of nitrogens with zero attached hydrogens (tertiary/aromatic N) is 3. The molecule has 112 valence electrons. The number of carbonyl (C=O) groups is 3. The van der Waals surface area contributed by atoms with Crippen molar-refractivity contribution in [3.05, 3.63) is 29.6 Å². The first-order valence-electron chi connectivity index (χ1n) is 6.80. The number of piperazine rings is 1. The van der Waals surface area contributed by atoms with Crippen molar-refractivity contribution in [3.63, 3.8) is 0 Å². The topological polar surface area (TPSA) is 90.8 Å². The number of rotatable bonds is 5. The van der Waals surface area contributed by atoms with Gasteiger partial charge >= 0.3 is 17.8 Å². The molecular formula is C14H17N3O4. The normalized spacial score (nSPS) is 15.5. The van der Waals surface area contributed by atoms with Crippen molar-refractivity contribution in [1.82, 2.24) is 14.8 Å². The highest BCUT2D eigenvalue weighted by Crippen LogP contribution is 2.10. The number of hydrogen-bond donors (Lipinski definition) is 1. The lowest BCUT2D eigenvalue weighted by molar-refractivity contribution is -0.156. The van der Waals surface area contributed by atoms with Crippen LogP contribution in [-0.2, 0) is 16.1 Å². The number of carboxylic acid groups (broad SMARTS) is 1. The van der Waals surface area contributed by atoms with Crippen molar-refractivity contribution in [3.8, 4) is 0 Å². The minimum atomic E-state index is -1.12. The molecule has 0 atom stereocenters. The molecule has 1 aromatic heterocycles. The minimum Gasteiger partial charge on any atom is -0.477 e. The molecule has 0 saturated carbocycles. The Bertz CT molecular complexity index is 573. The van der Waals surface area contributed by atoms with Gasteiger partial charge in [0.2, 0.25) is 0 Å². The first kappa shape index (κ1) is 15.0. The molecule has 21 heavy (non-hydrogen) atoms. The van der Waals surface area contributed by atoms with Crippen LogP contribution in [0.5, 0.6) is 0 Å². The van der Waals surface area contributed by atoms with E-state index in [0.717, 1.165) is 6.42 Å². The van der Waals surface area contributed by atoms with Crippen LogP contribution >= 0.6 is 0 Å². The van der Waals surface area contributed by atoms with Gasteiger partial charge in [0.15, 0.2) is 0 Å². The zero-order valence-corrected chi connectivity index (χ0v) is 11.8. The molecule has 0 aromatic carbocycles. The maximum Gasteiger partial charge on any atom is 0.354 e. The largest absolute Gasteiger partial charge is 0.477 e. The fourth-order valence-electron chi connectivity index (χ4n) is 2.23. The molecule has 0 spiro atoms. The molecule has 7 nitrogen and oxygen atoms in total. The summed E-state index contributed by atoms with van der Waals surface area (Å²) in [6.07, 6.45) is 0.807. The smallest absolute Gasteiger partial charge is 0.354 e. The van der Waals surface area contributed by atoms with Crippen LogP contribution in [0.2, 0.25) is 0 Å². The average Bonchev–Trinajstić information content (AvgIpc) is 2.47. The SMILES string of the molecule is CCCN1CCN(Cc2cccc(C(=O)O)n2)C(=O)C1=O. The van der Waals surface area contributed by atoms with Crippen molar-refractivity contribution >= 4 is 17.8 Å². The third-order valence-electron chi connectivity index (χ3n) is 3.27. The van der Waals surface area contributed by atoms with Gasteiger partial charge in [-0.3, -0.25) is 9.59 Å². The van der Waals surface area contributed by atoms with Gasteiger partial charge in [0.25, 0.3) is 0 Å². The van der Waals surface area contributed by atoms with Gasteiger partial charge in [0.05, 0.1) is 12.2 Å². The van der Waals surface area contributed by atoms with E-state index in [4.69, 9.17) is 5.11 Å².